The topological polar surface area (TPSA) is 74.6 Å². The van der Waals surface area contributed by atoms with E-state index in [0.717, 1.165) is 34.7 Å². The third kappa shape index (κ3) is 3.60. The van der Waals surface area contributed by atoms with Gasteiger partial charge in [-0.15, -0.1) is 0 Å². The summed E-state index contributed by atoms with van der Waals surface area (Å²) in [5, 5.41) is 2.93. The molecule has 0 unspecified atom stereocenters. The summed E-state index contributed by atoms with van der Waals surface area (Å²) in [4.78, 5) is 17.3. The first-order valence-electron chi connectivity index (χ1n) is 9.49. The van der Waals surface area contributed by atoms with Gasteiger partial charge >= 0.3 is 0 Å². The van der Waals surface area contributed by atoms with E-state index in [2.05, 4.69) is 10.3 Å². The molecule has 1 aliphatic heterocycles. The van der Waals surface area contributed by atoms with E-state index in [1.807, 2.05) is 54.8 Å². The molecule has 0 bridgehead atoms. The number of nitrogens with one attached hydrogen (secondary N) is 1. The minimum absolute atomic E-state index is 0.118. The van der Waals surface area contributed by atoms with Gasteiger partial charge in [-0.1, -0.05) is 6.92 Å². The number of aryl methyl sites for hydroxylation is 1. The summed E-state index contributed by atoms with van der Waals surface area (Å²) in [5.41, 5.74) is 2.39. The molecule has 4 rings (SSSR count). The van der Waals surface area contributed by atoms with Gasteiger partial charge < -0.3 is 24.1 Å². The molecular weight excluding hydrogens is 358 g/mol. The summed E-state index contributed by atoms with van der Waals surface area (Å²) in [6.45, 7) is 5.79. The Kier molecular flexibility index (Phi) is 5.06. The molecule has 0 aliphatic carbocycles. The van der Waals surface area contributed by atoms with Crippen LogP contribution in [-0.4, -0.2) is 35.3 Å². The predicted molar refractivity (Wildman–Crippen MR) is 106 cm³/mol. The van der Waals surface area contributed by atoms with Gasteiger partial charge in [0.2, 0.25) is 5.91 Å². The maximum Gasteiger partial charge on any atom is 0.244 e. The Morgan fingerprint density at radius 1 is 1.14 bits per heavy atom. The molecule has 2 heterocycles. The molecule has 0 saturated heterocycles. The normalized spacial score (nSPS) is 12.8. The number of imidazole rings is 1. The molecule has 28 heavy (non-hydrogen) atoms. The van der Waals surface area contributed by atoms with Crippen molar-refractivity contribution < 1.29 is 19.0 Å². The molecule has 146 valence electrons. The van der Waals surface area contributed by atoms with Crippen LogP contribution >= 0.6 is 0 Å². The van der Waals surface area contributed by atoms with Gasteiger partial charge in [0, 0.05) is 24.2 Å². The molecule has 1 amide bonds. The van der Waals surface area contributed by atoms with Crippen LogP contribution in [-0.2, 0) is 17.8 Å². The number of benzene rings is 2. The Labute approximate surface area is 163 Å². The number of carbonyl (C=O) groups is 1. The van der Waals surface area contributed by atoms with Crippen molar-refractivity contribution in [3.63, 3.8) is 0 Å². The standard InChI is InChI=1S/C21H23N3O4/c1-3-20-23-16-11-18-19(28-10-9-27-18)12-17(16)24(20)13-21(25)22-14-5-7-15(8-6-14)26-4-2/h5-8,11-12H,3-4,9-10,13H2,1-2H3,(H,22,25). The molecule has 3 aromatic rings. The van der Waals surface area contributed by atoms with E-state index in [9.17, 15) is 4.79 Å². The van der Waals surface area contributed by atoms with Gasteiger partial charge in [-0.2, -0.15) is 0 Å². The smallest absolute Gasteiger partial charge is 0.244 e. The molecule has 7 heteroatoms. The van der Waals surface area contributed by atoms with E-state index >= 15 is 0 Å². The van der Waals surface area contributed by atoms with Crippen LogP contribution in [0.3, 0.4) is 0 Å². The van der Waals surface area contributed by atoms with E-state index in [0.29, 0.717) is 31.3 Å². The second-order valence-corrected chi connectivity index (χ2v) is 6.46. The van der Waals surface area contributed by atoms with Gasteiger partial charge in [-0.3, -0.25) is 4.79 Å². The monoisotopic (exact) mass is 381 g/mol. The quantitative estimate of drug-likeness (QED) is 0.708. The lowest BCUT2D eigenvalue weighted by molar-refractivity contribution is -0.116. The van der Waals surface area contributed by atoms with Gasteiger partial charge in [-0.25, -0.2) is 4.98 Å². The van der Waals surface area contributed by atoms with Crippen LogP contribution in [0, 0.1) is 0 Å². The first kappa shape index (κ1) is 18.2. The van der Waals surface area contributed by atoms with Crippen molar-refractivity contribution >= 4 is 22.6 Å². The van der Waals surface area contributed by atoms with Crippen molar-refractivity contribution in [1.82, 2.24) is 9.55 Å². The Morgan fingerprint density at radius 2 is 1.86 bits per heavy atom. The summed E-state index contributed by atoms with van der Waals surface area (Å²) in [6.07, 6.45) is 0.720. The van der Waals surface area contributed by atoms with Crippen LogP contribution in [0.5, 0.6) is 17.2 Å². The lowest BCUT2D eigenvalue weighted by Crippen LogP contribution is -2.20. The first-order valence-corrected chi connectivity index (χ1v) is 9.49. The van der Waals surface area contributed by atoms with Crippen LogP contribution in [0.2, 0.25) is 0 Å². The summed E-state index contributed by atoms with van der Waals surface area (Å²) in [5.74, 6) is 2.90. The van der Waals surface area contributed by atoms with Crippen LogP contribution in [0.4, 0.5) is 5.69 Å². The Bertz CT molecular complexity index is 995. The maximum atomic E-state index is 12.6. The highest BCUT2D eigenvalue weighted by Crippen LogP contribution is 2.34. The lowest BCUT2D eigenvalue weighted by Gasteiger charge is -2.18. The lowest BCUT2D eigenvalue weighted by atomic mass is 10.2. The van der Waals surface area contributed by atoms with E-state index in [4.69, 9.17) is 14.2 Å². The fraction of sp³-hybridized carbons (Fsp3) is 0.333. The van der Waals surface area contributed by atoms with Crippen molar-refractivity contribution in [3.05, 3.63) is 42.2 Å². The van der Waals surface area contributed by atoms with E-state index in [1.165, 1.54) is 0 Å². The van der Waals surface area contributed by atoms with Crippen molar-refractivity contribution in [1.29, 1.82) is 0 Å². The Hall–Kier alpha value is -3.22. The fourth-order valence-corrected chi connectivity index (χ4v) is 3.30. The van der Waals surface area contributed by atoms with E-state index < -0.39 is 0 Å². The van der Waals surface area contributed by atoms with Gasteiger partial charge in [0.1, 0.15) is 31.3 Å². The number of carbonyl (C=O) groups excluding carboxylic acids is 1. The molecule has 1 aromatic heterocycles. The SMILES string of the molecule is CCOc1ccc(NC(=O)Cn2c(CC)nc3cc4c(cc32)OCCO4)cc1. The van der Waals surface area contributed by atoms with Crippen molar-refractivity contribution in [2.75, 3.05) is 25.1 Å². The highest BCUT2D eigenvalue weighted by Gasteiger charge is 2.19. The molecule has 1 aliphatic rings. The largest absolute Gasteiger partial charge is 0.494 e. The third-order valence-corrected chi connectivity index (χ3v) is 4.56. The highest BCUT2D eigenvalue weighted by atomic mass is 16.6. The zero-order valence-electron chi connectivity index (χ0n) is 16.0. The summed E-state index contributed by atoms with van der Waals surface area (Å²) in [7, 11) is 0. The average Bonchev–Trinajstić information content (AvgIpc) is 3.04. The summed E-state index contributed by atoms with van der Waals surface area (Å²) >= 11 is 0. The number of fused-ring (bicyclic) bond motifs is 2. The number of aromatic nitrogens is 2. The average molecular weight is 381 g/mol. The number of ether oxygens (including phenoxy) is 3. The van der Waals surface area contributed by atoms with Crippen LogP contribution < -0.4 is 19.5 Å². The minimum atomic E-state index is -0.118. The fourth-order valence-electron chi connectivity index (χ4n) is 3.30. The van der Waals surface area contributed by atoms with Crippen LogP contribution in [0.15, 0.2) is 36.4 Å². The highest BCUT2D eigenvalue weighted by molar-refractivity contribution is 5.92. The van der Waals surface area contributed by atoms with Gasteiger partial charge in [0.05, 0.1) is 17.6 Å². The molecule has 0 atom stereocenters. The van der Waals surface area contributed by atoms with Gasteiger partial charge in [0.25, 0.3) is 0 Å². The van der Waals surface area contributed by atoms with Crippen molar-refractivity contribution in [3.8, 4) is 17.2 Å². The third-order valence-electron chi connectivity index (χ3n) is 4.56. The Morgan fingerprint density at radius 3 is 2.54 bits per heavy atom. The summed E-state index contributed by atoms with van der Waals surface area (Å²) in [6, 6.07) is 11.1. The molecular formula is C21H23N3O4. The van der Waals surface area contributed by atoms with Crippen LogP contribution in [0.1, 0.15) is 19.7 Å². The van der Waals surface area contributed by atoms with Crippen molar-refractivity contribution in [2.45, 2.75) is 26.8 Å². The van der Waals surface area contributed by atoms with Crippen LogP contribution in [0.25, 0.3) is 11.0 Å². The molecule has 0 radical (unpaired) electrons. The maximum absolute atomic E-state index is 12.6. The minimum Gasteiger partial charge on any atom is -0.494 e. The van der Waals surface area contributed by atoms with Crippen molar-refractivity contribution in [2.24, 2.45) is 0 Å². The van der Waals surface area contributed by atoms with E-state index in [1.54, 1.807) is 0 Å². The number of rotatable bonds is 6. The Balaban J connectivity index is 1.56. The number of hydrogen-bond acceptors (Lipinski definition) is 5. The number of nitrogens with zero attached hydrogens (tertiary/aromatic N) is 2. The zero-order chi connectivity index (χ0) is 19.5. The number of amides is 1. The number of anilines is 1. The molecule has 0 saturated carbocycles. The first-order chi connectivity index (χ1) is 13.7. The molecule has 1 N–H and O–H groups in total. The predicted octanol–water partition coefficient (Wildman–Crippen LogP) is 3.41. The zero-order valence-corrected chi connectivity index (χ0v) is 16.0. The molecule has 2 aromatic carbocycles. The molecule has 7 nitrogen and oxygen atoms in total. The number of hydrogen-bond donors (Lipinski definition) is 1. The second kappa shape index (κ2) is 7.80. The second-order valence-electron chi connectivity index (χ2n) is 6.46. The van der Waals surface area contributed by atoms with Gasteiger partial charge in [0.15, 0.2) is 11.5 Å². The van der Waals surface area contributed by atoms with E-state index in [-0.39, 0.29) is 12.5 Å². The molecule has 0 fully saturated rings. The molecule has 0 spiro atoms. The van der Waals surface area contributed by atoms with Gasteiger partial charge in [-0.05, 0) is 31.2 Å². The summed E-state index contributed by atoms with van der Waals surface area (Å²) < 4.78 is 18.7.